The lowest BCUT2D eigenvalue weighted by molar-refractivity contribution is -0.340. The molecule has 25 nitrogen and oxygen atoms in total. The molecule has 2 aliphatic carbocycles. The first-order valence-corrected chi connectivity index (χ1v) is 26.1. The molecule has 12 N–H and O–H groups in total. The van der Waals surface area contributed by atoms with E-state index in [0.717, 1.165) is 11.8 Å². The number of aliphatic hydroxyl groups excluding tert-OH is 1. The molecule has 1 saturated heterocycles. The number of carbonyl (C=O) groups excluding carboxylic acids is 10. The molecule has 0 unspecified atom stereocenters. The summed E-state index contributed by atoms with van der Waals surface area (Å²) in [6.45, 7) is 5.87. The molecule has 428 valence electrons. The Kier molecular flexibility index (Phi) is 18.6. The number of amides is 8. The number of hydrogen-bond donors (Lipinski definition) is 11. The van der Waals surface area contributed by atoms with Gasteiger partial charge >= 0.3 is 12.1 Å². The number of nitrogens with zero attached hydrogens (tertiary/aromatic N) is 1. The standard InChI is InChI=1S/C55H65N7O18/c1-27(2)44(61-37(64)14-6-5-9-22-62-38(65)19-20-39(62)66)51(73)59-35(13-10-21-57-52(56)74)50(72)58-31-17-15-30(16-18-31)25-78-53(75)60-36-23-40(79-28(3)45(36)67)80-55(77)26-54(76,29(4)63)24-34-43(55)49(71)42-41(48(34)70)46(68)32-11-7-8-12-33(32)47(42)69/h7-8,11-12,15-20,27-28,35-36,40,44-45,67,70-71,76-77H,5-6,9-10,13-14,21-26H2,1-4H3,(H,58,72)(H,59,73)(H,60,75)(H,61,64)(H3,56,57,74)/t28-,35-,36-,40-,44-,45+,54-,55-/m0/s1. The molecule has 4 aliphatic rings. The third-order valence-electron chi connectivity index (χ3n) is 14.4. The molecule has 0 spiro atoms. The number of primary amides is 1. The molecule has 25 heteroatoms. The van der Waals surface area contributed by atoms with E-state index in [-0.39, 0.29) is 67.6 Å². The summed E-state index contributed by atoms with van der Waals surface area (Å²) in [7, 11) is 0. The van der Waals surface area contributed by atoms with Gasteiger partial charge in [0, 0.05) is 73.3 Å². The number of unbranched alkanes of at least 4 members (excludes halogenated alkanes) is 2. The Morgan fingerprint density at radius 2 is 1.49 bits per heavy atom. The number of carbonyl (C=O) groups is 10. The first-order chi connectivity index (χ1) is 37.8. The zero-order valence-corrected chi connectivity index (χ0v) is 44.4. The lowest BCUT2D eigenvalue weighted by atomic mass is 9.70. The van der Waals surface area contributed by atoms with Crippen LogP contribution in [0, 0.1) is 5.92 Å². The van der Waals surface area contributed by atoms with Crippen molar-refractivity contribution in [1.29, 1.82) is 0 Å². The van der Waals surface area contributed by atoms with E-state index >= 15 is 0 Å². The van der Waals surface area contributed by atoms with Crippen molar-refractivity contribution < 1.29 is 87.7 Å². The normalized spacial score (nSPS) is 22.8. The fourth-order valence-electron chi connectivity index (χ4n) is 10.1. The molecule has 0 bridgehead atoms. The maximum absolute atomic E-state index is 13.8. The number of imide groups is 1. The summed E-state index contributed by atoms with van der Waals surface area (Å²) < 4.78 is 17.3. The number of phenols is 2. The average molecular weight is 1110 g/mol. The minimum absolute atomic E-state index is 0.0532. The lowest BCUT2D eigenvalue weighted by Gasteiger charge is -2.46. The Morgan fingerprint density at radius 1 is 0.850 bits per heavy atom. The van der Waals surface area contributed by atoms with E-state index < -0.39 is 154 Å². The Hall–Kier alpha value is -8.10. The van der Waals surface area contributed by atoms with E-state index in [1.807, 2.05) is 0 Å². The van der Waals surface area contributed by atoms with Crippen LogP contribution in [0.3, 0.4) is 0 Å². The highest BCUT2D eigenvalue weighted by molar-refractivity contribution is 6.30. The van der Waals surface area contributed by atoms with Crippen molar-refractivity contribution in [2.45, 2.75) is 140 Å². The van der Waals surface area contributed by atoms with Gasteiger partial charge in [-0.05, 0) is 63.1 Å². The van der Waals surface area contributed by atoms with Gasteiger partial charge in [-0.25, -0.2) is 9.59 Å². The largest absolute Gasteiger partial charge is 0.507 e. The van der Waals surface area contributed by atoms with Crippen LogP contribution in [0.25, 0.3) is 0 Å². The Balaban J connectivity index is 0.953. The second-order valence-electron chi connectivity index (χ2n) is 20.6. The van der Waals surface area contributed by atoms with Crippen LogP contribution in [-0.2, 0) is 61.8 Å². The molecule has 0 aromatic heterocycles. The molecule has 2 aliphatic heterocycles. The molecule has 3 aromatic rings. The monoisotopic (exact) mass is 1110 g/mol. The number of alkyl carbamates (subject to hydrolysis) is 1. The second-order valence-corrected chi connectivity index (χ2v) is 20.6. The second kappa shape index (κ2) is 24.9. The number of ketones is 3. The average Bonchev–Trinajstić information content (AvgIpc) is 3.72. The third kappa shape index (κ3) is 13.3. The van der Waals surface area contributed by atoms with Crippen molar-refractivity contribution >= 4 is 64.7 Å². The molecule has 1 fully saturated rings. The van der Waals surface area contributed by atoms with Crippen LogP contribution in [-0.4, -0.2) is 145 Å². The minimum atomic E-state index is -2.90. The first kappa shape index (κ1) is 59.6. The number of anilines is 1. The smallest absolute Gasteiger partial charge is 0.407 e. The molecule has 2 heterocycles. The first-order valence-electron chi connectivity index (χ1n) is 26.1. The fourth-order valence-corrected chi connectivity index (χ4v) is 10.1. The number of phenolic OH excluding ortho intramolecular Hbond substituents is 2. The summed E-state index contributed by atoms with van der Waals surface area (Å²) in [5, 5.41) is 71.5. The fraction of sp³-hybridized carbons (Fsp3) is 0.455. The van der Waals surface area contributed by atoms with Crippen LogP contribution in [0.4, 0.5) is 15.3 Å². The predicted octanol–water partition coefficient (Wildman–Crippen LogP) is 1.59. The molecule has 3 aromatic carbocycles. The molecule has 8 amide bonds. The number of hydrogen-bond acceptors (Lipinski definition) is 18. The number of nitrogens with two attached hydrogens (primary N) is 1. The van der Waals surface area contributed by atoms with Crippen LogP contribution >= 0.6 is 0 Å². The number of nitrogens with one attached hydrogen (secondary N) is 5. The topological polar surface area (TPSA) is 389 Å². The van der Waals surface area contributed by atoms with Crippen molar-refractivity contribution in [1.82, 2.24) is 26.2 Å². The number of fused-ring (bicyclic) bond motifs is 3. The number of benzene rings is 3. The molecular formula is C55H65N7O18. The van der Waals surface area contributed by atoms with Crippen molar-refractivity contribution in [2.75, 3.05) is 18.4 Å². The van der Waals surface area contributed by atoms with Crippen molar-refractivity contribution in [3.05, 3.63) is 99.6 Å². The van der Waals surface area contributed by atoms with E-state index in [4.69, 9.17) is 19.9 Å². The van der Waals surface area contributed by atoms with Gasteiger partial charge in [0.2, 0.25) is 23.5 Å². The zero-order chi connectivity index (χ0) is 58.4. The third-order valence-corrected chi connectivity index (χ3v) is 14.4. The van der Waals surface area contributed by atoms with Crippen LogP contribution in [0.15, 0.2) is 60.7 Å². The van der Waals surface area contributed by atoms with Gasteiger partial charge in [-0.3, -0.25) is 43.3 Å². The number of aromatic hydroxyl groups is 2. The number of aliphatic hydroxyl groups is 3. The van der Waals surface area contributed by atoms with Crippen LogP contribution in [0.2, 0.25) is 0 Å². The van der Waals surface area contributed by atoms with Gasteiger partial charge in [0.1, 0.15) is 41.9 Å². The highest BCUT2D eigenvalue weighted by Gasteiger charge is 2.56. The molecular weight excluding hydrogens is 1050 g/mol. The Morgan fingerprint density at radius 3 is 2.10 bits per heavy atom. The lowest BCUT2D eigenvalue weighted by Crippen LogP contribution is -2.58. The summed E-state index contributed by atoms with van der Waals surface area (Å²) in [6.07, 6.45) is -2.94. The highest BCUT2D eigenvalue weighted by Crippen LogP contribution is 2.53. The molecule has 8 atom stereocenters. The van der Waals surface area contributed by atoms with E-state index in [9.17, 15) is 73.5 Å². The van der Waals surface area contributed by atoms with Gasteiger partial charge in [-0.2, -0.15) is 0 Å². The van der Waals surface area contributed by atoms with Gasteiger partial charge in [0.25, 0.3) is 11.8 Å². The van der Waals surface area contributed by atoms with Gasteiger partial charge in [-0.15, -0.1) is 0 Å². The van der Waals surface area contributed by atoms with Crippen LogP contribution in [0.1, 0.15) is 128 Å². The maximum Gasteiger partial charge on any atom is 0.407 e. The Bertz CT molecular complexity index is 2980. The summed E-state index contributed by atoms with van der Waals surface area (Å²) in [5.41, 5.74) is 1.04. The van der Waals surface area contributed by atoms with Gasteiger partial charge in [0.15, 0.2) is 23.6 Å². The summed E-state index contributed by atoms with van der Waals surface area (Å²) >= 11 is 0. The van der Waals surface area contributed by atoms with Crippen molar-refractivity contribution in [3.8, 4) is 11.5 Å². The molecule has 7 rings (SSSR count). The Labute approximate surface area is 458 Å². The van der Waals surface area contributed by atoms with Crippen molar-refractivity contribution in [3.63, 3.8) is 0 Å². The van der Waals surface area contributed by atoms with Gasteiger partial charge in [-0.1, -0.05) is 56.7 Å². The number of ether oxygens (including phenoxy) is 3. The van der Waals surface area contributed by atoms with Crippen molar-refractivity contribution in [2.24, 2.45) is 11.7 Å². The van der Waals surface area contributed by atoms with E-state index in [2.05, 4.69) is 26.6 Å². The van der Waals surface area contributed by atoms with E-state index in [1.165, 1.54) is 67.6 Å². The predicted molar refractivity (Wildman–Crippen MR) is 279 cm³/mol. The van der Waals surface area contributed by atoms with E-state index in [0.29, 0.717) is 24.8 Å². The SMILES string of the molecule is CC(=O)[C@]1(O)Cc2c(O)c3c(c(O)c2[C@@](O)(O[C@H]2C[C@H](NC(=O)OCc4ccc(NC(=O)[C@H](CCCNC(N)=O)NC(=O)[C@@H](NC(=O)CCCCCN5C(=O)C=CC5=O)C(C)C)cc4)[C@H](O)[C@H](C)O2)C1)C(=O)c1ccccc1C3=O. The summed E-state index contributed by atoms with van der Waals surface area (Å²) in [5.74, 6) is -10.1. The quantitative estimate of drug-likeness (QED) is 0.0230. The number of urea groups is 1. The maximum atomic E-state index is 13.8. The molecule has 0 saturated carbocycles. The van der Waals surface area contributed by atoms with Gasteiger partial charge in [0.05, 0.1) is 28.8 Å². The minimum Gasteiger partial charge on any atom is -0.507 e. The summed E-state index contributed by atoms with van der Waals surface area (Å²) in [4.78, 5) is 130. The van der Waals surface area contributed by atoms with Crippen LogP contribution in [0.5, 0.6) is 11.5 Å². The van der Waals surface area contributed by atoms with E-state index in [1.54, 1.807) is 13.8 Å². The molecule has 0 radical (unpaired) electrons. The van der Waals surface area contributed by atoms with Gasteiger partial charge < -0.3 is 72.1 Å². The zero-order valence-electron chi connectivity index (χ0n) is 44.4. The van der Waals surface area contributed by atoms with Crippen LogP contribution < -0.4 is 32.3 Å². The highest BCUT2D eigenvalue weighted by atomic mass is 16.7. The number of rotatable bonds is 22. The number of Topliss-reactive ketones (excluding diaryl/α,β-unsaturated/α-hetero) is 1. The summed E-state index contributed by atoms with van der Waals surface area (Å²) in [6, 6.07) is 7.63. The molecule has 80 heavy (non-hydrogen) atoms.